The van der Waals surface area contributed by atoms with Crippen LogP contribution >= 0.6 is 0 Å². The van der Waals surface area contributed by atoms with Crippen molar-refractivity contribution in [3.8, 4) is 0 Å². The molecule has 0 saturated carbocycles. The maximum Gasteiger partial charge on any atom is 0.0431 e. The van der Waals surface area contributed by atoms with Crippen LogP contribution in [0.2, 0.25) is 0 Å². The maximum atomic E-state index is 8.20. The van der Waals surface area contributed by atoms with Crippen molar-refractivity contribution in [2.45, 2.75) is 26.2 Å². The van der Waals surface area contributed by atoms with Crippen molar-refractivity contribution < 1.29 is 21.6 Å². The Morgan fingerprint density at radius 2 is 1.86 bits per heavy atom. The van der Waals surface area contributed by atoms with Gasteiger partial charge in [-0.1, -0.05) is 19.8 Å². The number of unbranched alkanes of at least 4 members (excludes halogenated alkanes) is 2. The average Bonchev–Trinajstić information content (AvgIpc) is 1.61. The Hall–Kier alpha value is 0.454. The van der Waals surface area contributed by atoms with Crippen LogP contribution in [0.25, 0.3) is 0 Å². The van der Waals surface area contributed by atoms with Gasteiger partial charge >= 0.3 is 0 Å². The third-order valence-corrected chi connectivity index (χ3v) is 0.762. The molecule has 1 nitrogen and oxygen atoms in total. The first kappa shape index (κ1) is 10.4. The molecule has 0 amide bonds. The quantitative estimate of drug-likeness (QED) is 0.469. The molecule has 0 saturated heterocycles. The molecule has 48 valence electrons. The molecular formula is C5H12NiO. The molecule has 0 aromatic carbocycles. The minimum atomic E-state index is 0. The zero-order valence-corrected chi connectivity index (χ0v) is 5.58. The summed E-state index contributed by atoms with van der Waals surface area (Å²) in [5.74, 6) is 0. The Morgan fingerprint density at radius 1 is 1.29 bits per heavy atom. The second-order valence-electron chi connectivity index (χ2n) is 1.43. The van der Waals surface area contributed by atoms with Gasteiger partial charge in [-0.3, -0.25) is 0 Å². The number of hydrogen-bond donors (Lipinski definition) is 1. The van der Waals surface area contributed by atoms with Crippen molar-refractivity contribution in [1.29, 1.82) is 0 Å². The predicted molar refractivity (Wildman–Crippen MR) is 26.6 cm³/mol. The van der Waals surface area contributed by atoms with E-state index >= 15 is 0 Å². The van der Waals surface area contributed by atoms with Gasteiger partial charge in [0.1, 0.15) is 0 Å². The second kappa shape index (κ2) is 9.68. The summed E-state index contributed by atoms with van der Waals surface area (Å²) >= 11 is 0. The Kier molecular flexibility index (Phi) is 14.4. The van der Waals surface area contributed by atoms with E-state index in [1.54, 1.807) is 0 Å². The van der Waals surface area contributed by atoms with E-state index < -0.39 is 0 Å². The van der Waals surface area contributed by atoms with Gasteiger partial charge in [0.25, 0.3) is 0 Å². The maximum absolute atomic E-state index is 8.20. The number of aliphatic hydroxyl groups excluding tert-OH is 1. The van der Waals surface area contributed by atoms with E-state index in [9.17, 15) is 0 Å². The summed E-state index contributed by atoms with van der Waals surface area (Å²) in [4.78, 5) is 0. The van der Waals surface area contributed by atoms with Gasteiger partial charge in [0.2, 0.25) is 0 Å². The van der Waals surface area contributed by atoms with Crippen LogP contribution in [0.1, 0.15) is 26.2 Å². The topological polar surface area (TPSA) is 20.2 Å². The van der Waals surface area contributed by atoms with Crippen molar-refractivity contribution in [2.24, 2.45) is 0 Å². The van der Waals surface area contributed by atoms with E-state index in [0.29, 0.717) is 6.61 Å². The molecule has 0 aromatic rings. The van der Waals surface area contributed by atoms with Crippen molar-refractivity contribution in [3.05, 3.63) is 0 Å². The predicted octanol–water partition coefficient (Wildman–Crippen LogP) is 1.17. The molecule has 0 radical (unpaired) electrons. The first-order valence-electron chi connectivity index (χ1n) is 2.52. The molecule has 0 aliphatic carbocycles. The largest absolute Gasteiger partial charge is 0.396 e. The zero-order valence-electron chi connectivity index (χ0n) is 4.59. The van der Waals surface area contributed by atoms with Gasteiger partial charge in [-0.15, -0.1) is 0 Å². The van der Waals surface area contributed by atoms with Gasteiger partial charge in [-0.25, -0.2) is 0 Å². The summed E-state index contributed by atoms with van der Waals surface area (Å²) in [7, 11) is 0. The fraction of sp³-hybridized carbons (Fsp3) is 1.00. The molecular weight excluding hydrogens is 135 g/mol. The third kappa shape index (κ3) is 10.7. The van der Waals surface area contributed by atoms with E-state index in [2.05, 4.69) is 6.92 Å². The van der Waals surface area contributed by atoms with Crippen molar-refractivity contribution in [1.82, 2.24) is 0 Å². The Morgan fingerprint density at radius 3 is 2.00 bits per heavy atom. The van der Waals surface area contributed by atoms with Crippen LogP contribution in [0.3, 0.4) is 0 Å². The SMILES string of the molecule is CCCCCO.[Ni]. The molecule has 1 N–H and O–H groups in total. The Labute approximate surface area is 55.0 Å². The van der Waals surface area contributed by atoms with Crippen molar-refractivity contribution in [3.63, 3.8) is 0 Å². The van der Waals surface area contributed by atoms with E-state index in [0.717, 1.165) is 12.8 Å². The van der Waals surface area contributed by atoms with Crippen LogP contribution in [0.4, 0.5) is 0 Å². The van der Waals surface area contributed by atoms with Crippen LogP contribution in [0, 0.1) is 0 Å². The van der Waals surface area contributed by atoms with Crippen LogP contribution in [-0.4, -0.2) is 11.7 Å². The van der Waals surface area contributed by atoms with Gasteiger partial charge in [0.05, 0.1) is 0 Å². The molecule has 7 heavy (non-hydrogen) atoms. The molecule has 0 unspecified atom stereocenters. The van der Waals surface area contributed by atoms with Crippen molar-refractivity contribution in [2.75, 3.05) is 6.61 Å². The minimum absolute atomic E-state index is 0. The molecule has 0 aromatic heterocycles. The van der Waals surface area contributed by atoms with Gasteiger partial charge in [0, 0.05) is 23.1 Å². The molecule has 0 rings (SSSR count). The smallest absolute Gasteiger partial charge is 0.0431 e. The van der Waals surface area contributed by atoms with Crippen LogP contribution in [-0.2, 0) is 16.5 Å². The Balaban J connectivity index is 0. The first-order chi connectivity index (χ1) is 2.91. The molecule has 0 aliphatic rings. The van der Waals surface area contributed by atoms with E-state index in [1.165, 1.54) is 6.42 Å². The van der Waals surface area contributed by atoms with Crippen molar-refractivity contribution >= 4 is 0 Å². The fourth-order valence-electron chi connectivity index (χ4n) is 0.362. The molecule has 0 aliphatic heterocycles. The number of rotatable bonds is 3. The molecule has 0 atom stereocenters. The minimum Gasteiger partial charge on any atom is -0.396 e. The van der Waals surface area contributed by atoms with E-state index in [1.807, 2.05) is 0 Å². The molecule has 0 heterocycles. The van der Waals surface area contributed by atoms with E-state index in [4.69, 9.17) is 5.11 Å². The number of hydrogen-bond acceptors (Lipinski definition) is 1. The van der Waals surface area contributed by atoms with Gasteiger partial charge in [0.15, 0.2) is 0 Å². The fourth-order valence-corrected chi connectivity index (χ4v) is 0.362. The first-order valence-corrected chi connectivity index (χ1v) is 2.52. The summed E-state index contributed by atoms with van der Waals surface area (Å²) in [6, 6.07) is 0. The Bertz CT molecular complexity index is 20.0. The van der Waals surface area contributed by atoms with Crippen LogP contribution in [0.5, 0.6) is 0 Å². The summed E-state index contributed by atoms with van der Waals surface area (Å²) < 4.78 is 0. The molecule has 2 heteroatoms. The second-order valence-corrected chi connectivity index (χ2v) is 1.43. The van der Waals surface area contributed by atoms with Gasteiger partial charge < -0.3 is 5.11 Å². The standard InChI is InChI=1S/C5H12O.Ni/c1-2-3-4-5-6;/h6H,2-5H2,1H3;. The van der Waals surface area contributed by atoms with Gasteiger partial charge in [-0.05, 0) is 6.42 Å². The van der Waals surface area contributed by atoms with Gasteiger partial charge in [-0.2, -0.15) is 0 Å². The average molecular weight is 147 g/mol. The number of aliphatic hydroxyl groups is 1. The summed E-state index contributed by atoms with van der Waals surface area (Å²) in [6.07, 6.45) is 3.33. The third-order valence-electron chi connectivity index (χ3n) is 0.762. The molecule has 0 fully saturated rings. The van der Waals surface area contributed by atoms with Crippen LogP contribution in [0.15, 0.2) is 0 Å². The summed E-state index contributed by atoms with van der Waals surface area (Å²) in [5, 5.41) is 8.20. The molecule has 0 spiro atoms. The summed E-state index contributed by atoms with van der Waals surface area (Å²) in [6.45, 7) is 2.48. The molecule has 0 bridgehead atoms. The zero-order chi connectivity index (χ0) is 4.83. The van der Waals surface area contributed by atoms with Crippen LogP contribution < -0.4 is 0 Å². The normalized spacial score (nSPS) is 7.71. The van der Waals surface area contributed by atoms with E-state index in [-0.39, 0.29) is 16.5 Å². The summed E-state index contributed by atoms with van der Waals surface area (Å²) in [5.41, 5.74) is 0. The monoisotopic (exact) mass is 146 g/mol.